The number of benzene rings is 5. The molecule has 4 unspecified atom stereocenters. The number of hydrogen-bond donors (Lipinski definition) is 2. The van der Waals surface area contributed by atoms with Crippen molar-refractivity contribution in [1.82, 2.24) is 9.62 Å². The van der Waals surface area contributed by atoms with Crippen LogP contribution in [0.1, 0.15) is 52.7 Å². The molecule has 1 fully saturated rings. The summed E-state index contributed by atoms with van der Waals surface area (Å²) in [5.41, 5.74) is 8.15. The average Bonchev–Trinajstić information content (AvgIpc) is 3.21. The maximum atomic E-state index is 12.8. The van der Waals surface area contributed by atoms with Crippen LogP contribution < -0.4 is 14.2 Å². The fraction of sp³-hybridized carbons (Fsp3) is 0.302. The van der Waals surface area contributed by atoms with Crippen molar-refractivity contribution in [3.8, 4) is 22.6 Å². The number of aliphatic hydroxyl groups excluding tert-OH is 1. The van der Waals surface area contributed by atoms with Gasteiger partial charge in [-0.25, -0.2) is 13.1 Å². The van der Waals surface area contributed by atoms with E-state index in [1.165, 1.54) is 11.1 Å². The Hall–Kier alpha value is -4.55. The molecule has 53 heavy (non-hydrogen) atoms. The van der Waals surface area contributed by atoms with E-state index in [0.29, 0.717) is 0 Å². The molecule has 2 N–H and O–H groups in total. The number of aliphatic hydroxyl groups is 1. The predicted octanol–water partition coefficient (Wildman–Crippen LogP) is 7.19. The zero-order valence-electron chi connectivity index (χ0n) is 30.3. The highest BCUT2D eigenvalue weighted by molar-refractivity contribution is 7.89. The molecule has 0 bridgehead atoms. The van der Waals surface area contributed by atoms with Crippen LogP contribution in [0.25, 0.3) is 11.1 Å². The molecule has 9 nitrogen and oxygen atoms in total. The van der Waals surface area contributed by atoms with Crippen molar-refractivity contribution < 1.29 is 32.5 Å². The molecular formula is C43H46N2O7S. The van der Waals surface area contributed by atoms with Crippen LogP contribution in [0.2, 0.25) is 0 Å². The molecule has 0 amide bonds. The van der Waals surface area contributed by atoms with E-state index in [1.54, 1.807) is 44.6 Å². The molecule has 2 heterocycles. The van der Waals surface area contributed by atoms with Gasteiger partial charge in [-0.15, -0.1) is 0 Å². The van der Waals surface area contributed by atoms with E-state index in [2.05, 4.69) is 40.8 Å². The van der Waals surface area contributed by atoms with Crippen LogP contribution in [0.3, 0.4) is 0 Å². The molecule has 0 radical (unpaired) electrons. The van der Waals surface area contributed by atoms with Gasteiger partial charge in [0.15, 0.2) is 17.8 Å². The maximum absolute atomic E-state index is 12.8. The van der Waals surface area contributed by atoms with E-state index in [1.807, 2.05) is 60.7 Å². The predicted molar refractivity (Wildman–Crippen MR) is 204 cm³/mol. The number of ether oxygens (including phenoxy) is 4. The highest BCUT2D eigenvalue weighted by Gasteiger charge is 2.39. The third kappa shape index (κ3) is 8.33. The van der Waals surface area contributed by atoms with Crippen LogP contribution in [0.4, 0.5) is 0 Å². The topological polar surface area (TPSA) is 107 Å². The summed E-state index contributed by atoms with van der Waals surface area (Å²) in [6.07, 6.45) is -0.0181. The quantitative estimate of drug-likeness (QED) is 0.139. The fourth-order valence-corrected chi connectivity index (χ4v) is 8.27. The molecule has 0 aromatic heterocycles. The third-order valence-electron chi connectivity index (χ3n) is 10.3. The molecule has 7 rings (SSSR count). The lowest BCUT2D eigenvalue weighted by molar-refractivity contribution is -0.276. The Kier molecular flexibility index (Phi) is 11.3. The molecule has 10 heteroatoms. The number of methoxy groups -OCH3 is 2. The van der Waals surface area contributed by atoms with E-state index in [4.69, 9.17) is 18.9 Å². The second-order valence-corrected chi connectivity index (χ2v) is 15.5. The Morgan fingerprint density at radius 1 is 0.774 bits per heavy atom. The summed E-state index contributed by atoms with van der Waals surface area (Å²) in [6, 6.07) is 36.6. The number of sulfonamides is 1. The van der Waals surface area contributed by atoms with Gasteiger partial charge in [0.25, 0.3) is 0 Å². The van der Waals surface area contributed by atoms with Gasteiger partial charge in [-0.05, 0) is 75.7 Å². The van der Waals surface area contributed by atoms with Crippen molar-refractivity contribution in [2.45, 2.75) is 56.4 Å². The maximum Gasteiger partial charge on any atom is 0.240 e. The summed E-state index contributed by atoms with van der Waals surface area (Å²) in [6.45, 7) is 4.77. The van der Waals surface area contributed by atoms with E-state index >= 15 is 0 Å². The third-order valence-corrected chi connectivity index (χ3v) is 11.7. The van der Waals surface area contributed by atoms with Gasteiger partial charge < -0.3 is 24.1 Å². The van der Waals surface area contributed by atoms with Gasteiger partial charge in [-0.1, -0.05) is 91.9 Å². The summed E-state index contributed by atoms with van der Waals surface area (Å²) in [5, 5.41) is 9.66. The molecule has 0 aliphatic carbocycles. The van der Waals surface area contributed by atoms with Crippen molar-refractivity contribution in [3.05, 3.63) is 149 Å². The molecule has 2 aliphatic rings. The van der Waals surface area contributed by atoms with Crippen molar-refractivity contribution in [3.63, 3.8) is 0 Å². The summed E-state index contributed by atoms with van der Waals surface area (Å²) in [4.78, 5) is 2.68. The second-order valence-electron chi connectivity index (χ2n) is 13.7. The Balaban J connectivity index is 1.09. The zero-order valence-corrected chi connectivity index (χ0v) is 31.1. The molecule has 4 atom stereocenters. The van der Waals surface area contributed by atoms with Crippen LogP contribution in [0, 0.1) is 5.92 Å². The van der Waals surface area contributed by atoms with Crippen molar-refractivity contribution >= 4 is 10.0 Å². The van der Waals surface area contributed by atoms with Gasteiger partial charge in [-0.2, -0.15) is 0 Å². The lowest BCUT2D eigenvalue weighted by Gasteiger charge is -2.43. The molecule has 1 saturated heterocycles. The second kappa shape index (κ2) is 16.2. The Bertz CT molecular complexity index is 2110. The molecule has 5 aromatic carbocycles. The highest BCUT2D eigenvalue weighted by atomic mass is 32.2. The molecule has 0 spiro atoms. The largest absolute Gasteiger partial charge is 0.493 e. The van der Waals surface area contributed by atoms with Gasteiger partial charge in [0.2, 0.25) is 10.0 Å². The average molecular weight is 735 g/mol. The number of rotatable bonds is 12. The van der Waals surface area contributed by atoms with Crippen LogP contribution >= 0.6 is 0 Å². The normalized spacial score (nSPS) is 20.5. The lowest BCUT2D eigenvalue weighted by atomic mass is 9.89. The summed E-state index contributed by atoms with van der Waals surface area (Å²) in [7, 11) is -0.286. The summed E-state index contributed by atoms with van der Waals surface area (Å²) < 4.78 is 53.0. The number of nitrogens with zero attached hydrogens (tertiary/aromatic N) is 1. The summed E-state index contributed by atoms with van der Waals surface area (Å²) >= 11 is 0. The monoisotopic (exact) mass is 734 g/mol. The Labute approximate surface area is 312 Å². The van der Waals surface area contributed by atoms with Crippen molar-refractivity contribution in [1.29, 1.82) is 0 Å². The zero-order chi connectivity index (χ0) is 37.0. The number of hydrogen-bond acceptors (Lipinski definition) is 8. The minimum absolute atomic E-state index is 0.0125. The first-order chi connectivity index (χ1) is 25.7. The van der Waals surface area contributed by atoms with Crippen LogP contribution in [0.15, 0.2) is 120 Å². The fourth-order valence-electron chi connectivity index (χ4n) is 7.23. The van der Waals surface area contributed by atoms with Crippen molar-refractivity contribution in [2.24, 2.45) is 5.92 Å². The van der Waals surface area contributed by atoms with E-state index in [9.17, 15) is 13.5 Å². The molecule has 2 aliphatic heterocycles. The first kappa shape index (κ1) is 36.8. The molecular weight excluding hydrogens is 689 g/mol. The van der Waals surface area contributed by atoms with Crippen LogP contribution in [0.5, 0.6) is 11.5 Å². The van der Waals surface area contributed by atoms with Crippen molar-refractivity contribution in [2.75, 3.05) is 27.3 Å². The minimum atomic E-state index is -3.62. The highest BCUT2D eigenvalue weighted by Crippen LogP contribution is 2.43. The SMILES string of the molecule is COc1cc2c(cc1OC)CN(CC1OC(c3ccc(-c4cccc(CNS(=O)(=O)c5ccccc5)c4)cc3)OC(c3ccc(CO)cc3)C1C)CC2. The van der Waals surface area contributed by atoms with Crippen LogP contribution in [-0.4, -0.2) is 51.8 Å². The molecule has 5 aromatic rings. The van der Waals surface area contributed by atoms with Gasteiger partial charge in [0.1, 0.15) is 0 Å². The van der Waals surface area contributed by atoms with E-state index < -0.39 is 16.3 Å². The molecule has 0 saturated carbocycles. The Morgan fingerprint density at radius 3 is 2.17 bits per heavy atom. The Morgan fingerprint density at radius 2 is 1.47 bits per heavy atom. The number of fused-ring (bicyclic) bond motifs is 1. The minimum Gasteiger partial charge on any atom is -0.493 e. The van der Waals surface area contributed by atoms with Gasteiger partial charge in [-0.3, -0.25) is 4.90 Å². The summed E-state index contributed by atoms with van der Waals surface area (Å²) in [5.74, 6) is 1.54. The molecule has 276 valence electrons. The number of nitrogens with one attached hydrogen (secondary N) is 1. The smallest absolute Gasteiger partial charge is 0.240 e. The van der Waals surface area contributed by atoms with Gasteiger partial charge in [0.05, 0.1) is 37.9 Å². The first-order valence-corrected chi connectivity index (χ1v) is 19.4. The lowest BCUT2D eigenvalue weighted by Crippen LogP contribution is -2.45. The van der Waals surface area contributed by atoms with Crippen LogP contribution in [-0.2, 0) is 45.6 Å². The van der Waals surface area contributed by atoms with Gasteiger partial charge in [0, 0.05) is 37.7 Å². The van der Waals surface area contributed by atoms with Gasteiger partial charge >= 0.3 is 0 Å². The van der Waals surface area contributed by atoms with E-state index in [-0.39, 0.29) is 36.2 Å². The van der Waals surface area contributed by atoms with E-state index in [0.717, 1.165) is 70.9 Å². The standard InChI is InChI=1S/C43H46N2O7S/c1-29-41(27-45-21-20-36-23-39(49-2)40(50-3)24-37(36)26-45)51-43(52-42(29)33-14-12-30(28-46)13-15-33)34-18-16-32(17-19-34)35-9-7-8-31(22-35)25-44-53(47,48)38-10-5-4-6-11-38/h4-19,22-24,29,41-44,46H,20-21,25-28H2,1-3H3. The first-order valence-electron chi connectivity index (χ1n) is 18.0.